The van der Waals surface area contributed by atoms with Gasteiger partial charge in [0.25, 0.3) is 5.56 Å². The molecule has 0 spiro atoms. The number of amides is 1. The number of H-pyrrole nitrogens is 1. The Morgan fingerprint density at radius 3 is 2.70 bits per heavy atom. The van der Waals surface area contributed by atoms with E-state index in [9.17, 15) is 9.59 Å². The minimum atomic E-state index is -0.309. The van der Waals surface area contributed by atoms with E-state index < -0.39 is 0 Å². The van der Waals surface area contributed by atoms with E-state index in [2.05, 4.69) is 20.5 Å². The highest BCUT2D eigenvalue weighted by Crippen LogP contribution is 2.27. The predicted octanol–water partition coefficient (Wildman–Crippen LogP) is 2.80. The molecule has 2 N–H and O–H groups in total. The molecule has 1 amide bonds. The lowest BCUT2D eigenvalue weighted by atomic mass is 10.2. The molecule has 0 radical (unpaired) electrons. The average Bonchev–Trinajstić information content (AvgIpc) is 2.74. The Morgan fingerprint density at radius 1 is 1.13 bits per heavy atom. The van der Waals surface area contributed by atoms with Crippen LogP contribution in [0.2, 0.25) is 0 Å². The van der Waals surface area contributed by atoms with Crippen molar-refractivity contribution < 1.29 is 14.3 Å². The number of hydrazone groups is 1. The number of aromatic amines is 1. The van der Waals surface area contributed by atoms with Crippen molar-refractivity contribution in [1.82, 2.24) is 15.4 Å². The van der Waals surface area contributed by atoms with Crippen molar-refractivity contribution in [3.8, 4) is 11.5 Å². The number of benzene rings is 2. The fourth-order valence-corrected chi connectivity index (χ4v) is 2.85. The van der Waals surface area contributed by atoms with Gasteiger partial charge < -0.3 is 14.5 Å². The molecule has 2 aromatic carbocycles. The maximum absolute atomic E-state index is 12.1. The molecule has 0 saturated heterocycles. The summed E-state index contributed by atoms with van der Waals surface area (Å²) in [5, 5.41) is 3.98. The van der Waals surface area contributed by atoms with Gasteiger partial charge >= 0.3 is 0 Å². The maximum Gasteiger partial charge on any atom is 0.270 e. The molecule has 0 aliphatic heterocycles. The van der Waals surface area contributed by atoms with E-state index in [0.717, 1.165) is 5.56 Å². The minimum absolute atomic E-state index is 0.0965. The van der Waals surface area contributed by atoms with Crippen molar-refractivity contribution in [2.24, 2.45) is 5.10 Å². The summed E-state index contributed by atoms with van der Waals surface area (Å²) in [5.41, 5.74) is 4.61. The second kappa shape index (κ2) is 10.2. The van der Waals surface area contributed by atoms with Crippen LogP contribution in [-0.2, 0) is 11.2 Å². The molecule has 1 heterocycles. The second-order valence-corrected chi connectivity index (χ2v) is 6.40. The lowest BCUT2D eigenvalue weighted by Crippen LogP contribution is -2.21. The normalized spacial score (nSPS) is 11.0. The number of aromatic nitrogens is 2. The van der Waals surface area contributed by atoms with Crippen LogP contribution in [0.25, 0.3) is 11.0 Å². The van der Waals surface area contributed by atoms with Gasteiger partial charge in [0.05, 0.1) is 30.5 Å². The Morgan fingerprint density at radius 2 is 1.90 bits per heavy atom. The molecular weight excluding hydrogens is 384 g/mol. The summed E-state index contributed by atoms with van der Waals surface area (Å²) in [4.78, 5) is 31.3. The number of carbonyl (C=O) groups is 1. The zero-order valence-electron chi connectivity index (χ0n) is 17.0. The number of carbonyl (C=O) groups excluding carboxylic acids is 1. The van der Waals surface area contributed by atoms with Crippen LogP contribution in [0.5, 0.6) is 11.5 Å². The summed E-state index contributed by atoms with van der Waals surface area (Å²) < 4.78 is 11.1. The summed E-state index contributed by atoms with van der Waals surface area (Å²) in [6.07, 6.45) is 1.84. The van der Waals surface area contributed by atoms with Gasteiger partial charge in [-0.3, -0.25) is 9.59 Å². The van der Waals surface area contributed by atoms with E-state index in [1.165, 1.54) is 6.21 Å². The van der Waals surface area contributed by atoms with Crippen LogP contribution in [-0.4, -0.2) is 35.3 Å². The van der Waals surface area contributed by atoms with E-state index in [4.69, 9.17) is 9.47 Å². The van der Waals surface area contributed by atoms with E-state index >= 15 is 0 Å². The van der Waals surface area contributed by atoms with Gasteiger partial charge in [-0.1, -0.05) is 12.1 Å². The van der Waals surface area contributed by atoms with Gasteiger partial charge in [-0.05, 0) is 49.7 Å². The van der Waals surface area contributed by atoms with Crippen LogP contribution in [0, 0.1) is 0 Å². The lowest BCUT2D eigenvalue weighted by molar-refractivity contribution is -0.121. The first-order valence-electron chi connectivity index (χ1n) is 9.80. The molecule has 0 atom stereocenters. The molecule has 0 aliphatic rings. The van der Waals surface area contributed by atoms with Gasteiger partial charge in [-0.2, -0.15) is 5.10 Å². The van der Waals surface area contributed by atoms with Gasteiger partial charge in [0.15, 0.2) is 11.5 Å². The van der Waals surface area contributed by atoms with Crippen molar-refractivity contribution in [1.29, 1.82) is 0 Å². The first kappa shape index (κ1) is 21.0. The van der Waals surface area contributed by atoms with Crippen LogP contribution in [0.1, 0.15) is 31.5 Å². The van der Waals surface area contributed by atoms with Crippen LogP contribution in [0.4, 0.5) is 0 Å². The third kappa shape index (κ3) is 5.44. The zero-order valence-corrected chi connectivity index (χ0v) is 17.0. The minimum Gasteiger partial charge on any atom is -0.490 e. The van der Waals surface area contributed by atoms with Crippen molar-refractivity contribution >= 4 is 23.2 Å². The topological polar surface area (TPSA) is 106 Å². The Hall–Kier alpha value is -3.68. The molecule has 1 aromatic heterocycles. The Balaban J connectivity index is 1.58. The largest absolute Gasteiger partial charge is 0.490 e. The zero-order chi connectivity index (χ0) is 21.3. The van der Waals surface area contributed by atoms with Gasteiger partial charge in [0, 0.05) is 12.8 Å². The molecule has 0 aliphatic carbocycles. The fourth-order valence-electron chi connectivity index (χ4n) is 2.85. The third-order valence-electron chi connectivity index (χ3n) is 4.23. The highest BCUT2D eigenvalue weighted by Gasteiger charge is 2.08. The number of ether oxygens (including phenoxy) is 2. The molecule has 156 valence electrons. The van der Waals surface area contributed by atoms with E-state index in [-0.39, 0.29) is 24.3 Å². The van der Waals surface area contributed by atoms with E-state index in [1.54, 1.807) is 18.2 Å². The van der Waals surface area contributed by atoms with Gasteiger partial charge in [-0.15, -0.1) is 0 Å². The summed E-state index contributed by atoms with van der Waals surface area (Å²) in [6.45, 7) is 4.85. The predicted molar refractivity (Wildman–Crippen MR) is 115 cm³/mol. The second-order valence-electron chi connectivity index (χ2n) is 6.40. The monoisotopic (exact) mass is 408 g/mol. The molecule has 0 fully saturated rings. The smallest absolute Gasteiger partial charge is 0.270 e. The Bertz CT molecular complexity index is 1110. The molecule has 0 saturated carbocycles. The highest BCUT2D eigenvalue weighted by atomic mass is 16.5. The Labute approximate surface area is 173 Å². The first-order chi connectivity index (χ1) is 14.6. The van der Waals surface area contributed by atoms with Crippen LogP contribution in [0.3, 0.4) is 0 Å². The van der Waals surface area contributed by atoms with Crippen molar-refractivity contribution in [3.63, 3.8) is 0 Å². The quantitative estimate of drug-likeness (QED) is 0.418. The maximum atomic E-state index is 12.1. The van der Waals surface area contributed by atoms with Crippen LogP contribution in [0.15, 0.2) is 52.4 Å². The van der Waals surface area contributed by atoms with Crippen molar-refractivity contribution in [2.45, 2.75) is 26.7 Å². The lowest BCUT2D eigenvalue weighted by Gasteiger charge is -2.11. The molecule has 3 rings (SSSR count). The number of nitrogens with one attached hydrogen (secondary N) is 2. The number of hydrogen-bond donors (Lipinski definition) is 2. The van der Waals surface area contributed by atoms with E-state index in [1.807, 2.05) is 38.1 Å². The summed E-state index contributed by atoms with van der Waals surface area (Å²) in [7, 11) is 0. The molecule has 3 aromatic rings. The number of hydrogen-bond acceptors (Lipinski definition) is 6. The molecular formula is C22H24N4O4. The summed E-state index contributed by atoms with van der Waals surface area (Å²) in [6, 6.07) is 12.7. The number of nitrogens with zero attached hydrogens (tertiary/aromatic N) is 2. The van der Waals surface area contributed by atoms with Crippen molar-refractivity contribution in [2.75, 3.05) is 13.2 Å². The first-order valence-corrected chi connectivity index (χ1v) is 9.80. The molecule has 8 nitrogen and oxygen atoms in total. The summed E-state index contributed by atoms with van der Waals surface area (Å²) >= 11 is 0. The molecule has 0 bridgehead atoms. The number of rotatable bonds is 9. The van der Waals surface area contributed by atoms with Gasteiger partial charge in [0.2, 0.25) is 5.91 Å². The average molecular weight is 408 g/mol. The summed E-state index contributed by atoms with van der Waals surface area (Å²) in [5.74, 6) is 0.974. The molecule has 8 heteroatoms. The van der Waals surface area contributed by atoms with Gasteiger partial charge in [-0.25, -0.2) is 10.4 Å². The van der Waals surface area contributed by atoms with Crippen molar-refractivity contribution in [3.05, 3.63) is 64.1 Å². The molecule has 30 heavy (non-hydrogen) atoms. The standard InChI is InChI=1S/C22H24N4O4/c1-3-29-19-11-9-15(13-20(19)30-4-2)14-23-26-21(27)12-10-18-22(28)25-17-8-6-5-7-16(17)24-18/h5-9,11,13-14H,3-4,10,12H2,1-2H3,(H,25,28)(H,26,27)/b23-14-. The van der Waals surface area contributed by atoms with E-state index in [0.29, 0.717) is 41.4 Å². The molecule has 0 unspecified atom stereocenters. The number of fused-ring (bicyclic) bond motifs is 1. The SMILES string of the molecule is CCOc1ccc(/C=N\NC(=O)CCc2nc3ccccc3[nH]c2=O)cc1OCC. The van der Waals surface area contributed by atoms with Crippen LogP contribution < -0.4 is 20.5 Å². The van der Waals surface area contributed by atoms with Gasteiger partial charge in [0.1, 0.15) is 5.69 Å². The van der Waals surface area contributed by atoms with Crippen LogP contribution >= 0.6 is 0 Å². The number of para-hydroxylation sites is 2. The fraction of sp³-hybridized carbons (Fsp3) is 0.273. The highest BCUT2D eigenvalue weighted by molar-refractivity contribution is 5.83. The third-order valence-corrected chi connectivity index (χ3v) is 4.23. The number of aryl methyl sites for hydroxylation is 1. The Kier molecular flexibility index (Phi) is 7.15.